The van der Waals surface area contributed by atoms with Crippen molar-refractivity contribution in [2.75, 3.05) is 13.7 Å². The fourth-order valence-electron chi connectivity index (χ4n) is 0.661. The average Bonchev–Trinajstić information content (AvgIpc) is 2.32. The Labute approximate surface area is 67.3 Å². The third-order valence-electron chi connectivity index (χ3n) is 1.07. The predicted molar refractivity (Wildman–Crippen MR) is 43.7 cm³/mol. The first-order valence-electron chi connectivity index (χ1n) is 3.15. The summed E-state index contributed by atoms with van der Waals surface area (Å²) >= 11 is -1.50. The van der Waals surface area contributed by atoms with Gasteiger partial charge in [0.15, 0.2) is 0 Å². The summed E-state index contributed by atoms with van der Waals surface area (Å²) in [5.41, 5.74) is 0. The van der Waals surface area contributed by atoms with Crippen molar-refractivity contribution in [3.8, 4) is 0 Å². The van der Waals surface area contributed by atoms with Gasteiger partial charge in [-0.3, -0.25) is 0 Å². The number of ether oxygens (including phenoxy) is 1. The van der Waals surface area contributed by atoms with Crippen LogP contribution >= 0.6 is 0 Å². The molecule has 0 spiro atoms. The highest BCUT2D eigenvalue weighted by molar-refractivity contribution is 7.83. The zero-order valence-electron chi connectivity index (χ0n) is 6.33. The van der Waals surface area contributed by atoms with Gasteiger partial charge in [0.2, 0.25) is 5.84 Å². The van der Waals surface area contributed by atoms with Crippen molar-refractivity contribution < 1.29 is 8.95 Å². The molecule has 1 heterocycles. The zero-order valence-corrected chi connectivity index (χ0v) is 7.14. The smallest absolute Gasteiger partial charge is 0.271 e. The van der Waals surface area contributed by atoms with Gasteiger partial charge < -0.3 is 10.1 Å². The van der Waals surface area contributed by atoms with E-state index in [4.69, 9.17) is 4.74 Å². The Kier molecular flexibility index (Phi) is 2.58. The van der Waals surface area contributed by atoms with Crippen molar-refractivity contribution in [1.82, 2.24) is 5.32 Å². The highest BCUT2D eigenvalue weighted by atomic mass is 32.2. The molecule has 11 heavy (non-hydrogen) atoms. The topological polar surface area (TPSA) is 63.0 Å². The van der Waals surface area contributed by atoms with Crippen molar-refractivity contribution in [3.63, 3.8) is 0 Å². The highest BCUT2D eigenvalue weighted by Crippen LogP contribution is 2.00. The van der Waals surface area contributed by atoms with Crippen LogP contribution in [-0.4, -0.2) is 29.6 Å². The van der Waals surface area contributed by atoms with Gasteiger partial charge in [0.25, 0.3) is 17.1 Å². The summed E-state index contributed by atoms with van der Waals surface area (Å²) < 4.78 is 22.8. The Morgan fingerprint density at radius 2 is 2.36 bits per heavy atom. The molecule has 0 saturated heterocycles. The fraction of sp³-hybridized carbons (Fsp3) is 0.600. The zero-order chi connectivity index (χ0) is 8.27. The average molecular weight is 175 g/mol. The summed E-state index contributed by atoms with van der Waals surface area (Å²) in [5, 5.41) is 2.88. The maximum absolute atomic E-state index is 10.7. The number of rotatable bonds is 1. The molecule has 0 bridgehead atoms. The van der Waals surface area contributed by atoms with Crippen LogP contribution in [0.1, 0.15) is 6.92 Å². The van der Waals surface area contributed by atoms with Crippen LogP contribution in [0.4, 0.5) is 0 Å². The largest absolute Gasteiger partial charge is 0.478 e. The van der Waals surface area contributed by atoms with Crippen LogP contribution in [0.15, 0.2) is 8.80 Å². The second-order valence-corrected chi connectivity index (χ2v) is 2.63. The molecule has 1 N–H and O–H groups in total. The second-order valence-electron chi connectivity index (χ2n) is 1.80. The molecule has 1 rings (SSSR count). The lowest BCUT2D eigenvalue weighted by Gasteiger charge is -2.01. The second kappa shape index (κ2) is 3.47. The lowest BCUT2D eigenvalue weighted by atomic mass is 10.5. The molecule has 1 aliphatic rings. The molecule has 1 unspecified atom stereocenters. The molecule has 1 aliphatic heterocycles. The molecule has 0 radical (unpaired) electrons. The van der Waals surface area contributed by atoms with Gasteiger partial charge in [-0.1, -0.05) is 0 Å². The third kappa shape index (κ3) is 1.76. The molecule has 0 aromatic heterocycles. The Morgan fingerprint density at radius 3 is 2.91 bits per heavy atom. The summed E-state index contributed by atoms with van der Waals surface area (Å²) in [7, 11) is 1.47. The van der Waals surface area contributed by atoms with Crippen molar-refractivity contribution in [1.29, 1.82) is 0 Å². The van der Waals surface area contributed by atoms with Crippen LogP contribution in [0.3, 0.4) is 0 Å². The highest BCUT2D eigenvalue weighted by Gasteiger charge is 2.17. The molecule has 0 amide bonds. The van der Waals surface area contributed by atoms with Gasteiger partial charge in [0.05, 0.1) is 7.11 Å². The Morgan fingerprint density at radius 1 is 1.64 bits per heavy atom. The standard InChI is InChI=1S/C5H9N3O2S/c1-3-6-4-5(10-2)8-11(9)7-4/h3H2,1-2H3,(H,6,7). The molecule has 0 saturated carbocycles. The van der Waals surface area contributed by atoms with Gasteiger partial charge in [0, 0.05) is 6.54 Å². The molecule has 0 fully saturated rings. The van der Waals surface area contributed by atoms with Crippen LogP contribution in [0.5, 0.6) is 0 Å². The predicted octanol–water partition coefficient (Wildman–Crippen LogP) is -0.368. The minimum atomic E-state index is -1.50. The number of nitrogens with zero attached hydrogens (tertiary/aromatic N) is 2. The van der Waals surface area contributed by atoms with Crippen LogP contribution in [0.2, 0.25) is 0 Å². The van der Waals surface area contributed by atoms with Gasteiger partial charge >= 0.3 is 0 Å². The molecule has 0 aromatic rings. The maximum Gasteiger partial charge on any atom is 0.271 e. The van der Waals surface area contributed by atoms with Gasteiger partial charge in [-0.25, -0.2) is 4.21 Å². The minimum absolute atomic E-state index is 0.310. The van der Waals surface area contributed by atoms with E-state index in [0.29, 0.717) is 18.3 Å². The molecule has 0 aromatic carbocycles. The summed E-state index contributed by atoms with van der Waals surface area (Å²) in [6.45, 7) is 2.62. The van der Waals surface area contributed by atoms with E-state index in [-0.39, 0.29) is 0 Å². The Balaban J connectivity index is 2.72. The van der Waals surface area contributed by atoms with Gasteiger partial charge in [-0.05, 0) is 6.92 Å². The van der Waals surface area contributed by atoms with Gasteiger partial charge in [0.1, 0.15) is 0 Å². The number of hydrogen-bond donors (Lipinski definition) is 1. The quantitative estimate of drug-likeness (QED) is 0.591. The SMILES string of the molecule is CCNC1=NS(=O)N=C1OC. The van der Waals surface area contributed by atoms with Crippen LogP contribution in [0.25, 0.3) is 0 Å². The van der Waals surface area contributed by atoms with Crippen LogP contribution < -0.4 is 5.32 Å². The summed E-state index contributed by atoms with van der Waals surface area (Å²) in [4.78, 5) is 0. The van der Waals surface area contributed by atoms with Crippen molar-refractivity contribution in [2.45, 2.75) is 6.92 Å². The summed E-state index contributed by atoms with van der Waals surface area (Å²) in [5.74, 6) is 0.776. The summed E-state index contributed by atoms with van der Waals surface area (Å²) in [6.07, 6.45) is 0. The van der Waals surface area contributed by atoms with Gasteiger partial charge in [-0.2, -0.15) is 0 Å². The van der Waals surface area contributed by atoms with Crippen LogP contribution in [0, 0.1) is 0 Å². The molecule has 62 valence electrons. The number of amidine groups is 1. The fourth-order valence-corrected chi connectivity index (χ4v) is 1.30. The van der Waals surface area contributed by atoms with E-state index >= 15 is 0 Å². The Bertz CT molecular complexity index is 236. The van der Waals surface area contributed by atoms with E-state index in [1.165, 1.54) is 7.11 Å². The van der Waals surface area contributed by atoms with Crippen molar-refractivity contribution in [2.24, 2.45) is 8.80 Å². The molecular formula is C5H9N3O2S. The maximum atomic E-state index is 10.7. The number of nitrogens with one attached hydrogen (secondary N) is 1. The first-order chi connectivity index (χ1) is 5.27. The normalized spacial score (nSPS) is 22.5. The van der Waals surface area contributed by atoms with Crippen LogP contribution in [-0.2, 0) is 15.9 Å². The van der Waals surface area contributed by atoms with Gasteiger partial charge in [-0.15, -0.1) is 8.80 Å². The van der Waals surface area contributed by atoms with E-state index < -0.39 is 11.2 Å². The van der Waals surface area contributed by atoms with E-state index in [9.17, 15) is 4.21 Å². The van der Waals surface area contributed by atoms with Crippen molar-refractivity contribution >= 4 is 22.9 Å². The molecule has 5 nitrogen and oxygen atoms in total. The molecule has 1 atom stereocenters. The lowest BCUT2D eigenvalue weighted by Crippen LogP contribution is -2.29. The molecule has 6 heteroatoms. The lowest BCUT2D eigenvalue weighted by molar-refractivity contribution is 0.411. The van der Waals surface area contributed by atoms with E-state index in [2.05, 4.69) is 14.1 Å². The third-order valence-corrected chi connectivity index (χ3v) is 1.73. The minimum Gasteiger partial charge on any atom is -0.478 e. The van der Waals surface area contributed by atoms with E-state index in [0.717, 1.165) is 0 Å². The van der Waals surface area contributed by atoms with E-state index in [1.54, 1.807) is 0 Å². The van der Waals surface area contributed by atoms with Crippen molar-refractivity contribution in [3.05, 3.63) is 0 Å². The van der Waals surface area contributed by atoms with E-state index in [1.807, 2.05) is 6.92 Å². The summed E-state index contributed by atoms with van der Waals surface area (Å²) in [6, 6.07) is 0. The number of methoxy groups -OCH3 is 1. The first kappa shape index (κ1) is 8.19. The molecular weight excluding hydrogens is 166 g/mol. The first-order valence-corrected chi connectivity index (χ1v) is 4.22. The number of hydrogen-bond acceptors (Lipinski definition) is 3. The Hall–Kier alpha value is -0.910. The molecule has 0 aliphatic carbocycles. The number of likely N-dealkylation sites (N-methyl/N-ethyl adjacent to an activating group) is 1. The monoisotopic (exact) mass is 175 g/mol.